The van der Waals surface area contributed by atoms with Crippen LogP contribution in [-0.4, -0.2) is 9.13 Å². The van der Waals surface area contributed by atoms with Crippen molar-refractivity contribution in [2.75, 3.05) is 0 Å². The fourth-order valence-electron chi connectivity index (χ4n) is 6.67. The first-order chi connectivity index (χ1) is 21.4. The third kappa shape index (κ3) is 3.85. The largest absolute Gasteiger partial charge is 0.309 e. The molecule has 0 aliphatic heterocycles. The van der Waals surface area contributed by atoms with E-state index in [0.29, 0.717) is 28.1 Å². The minimum Gasteiger partial charge on any atom is -0.309 e. The molecule has 0 saturated heterocycles. The van der Waals surface area contributed by atoms with Gasteiger partial charge in [0.05, 0.1) is 39.0 Å². The van der Waals surface area contributed by atoms with Crippen LogP contribution >= 0.6 is 0 Å². The number of aromatic nitrogens is 2. The lowest BCUT2D eigenvalue weighted by atomic mass is 9.99. The minimum atomic E-state index is -0.665. The third-order valence-corrected chi connectivity index (χ3v) is 8.55. The fourth-order valence-corrected chi connectivity index (χ4v) is 6.67. The summed E-state index contributed by atoms with van der Waals surface area (Å²) in [5.74, 6) is -1.33. The van der Waals surface area contributed by atoms with Gasteiger partial charge in [0.25, 0.3) is 0 Å². The van der Waals surface area contributed by atoms with Crippen molar-refractivity contribution in [1.82, 2.24) is 9.13 Å². The molecule has 2 aromatic heterocycles. The van der Waals surface area contributed by atoms with Crippen LogP contribution in [0.3, 0.4) is 0 Å². The van der Waals surface area contributed by atoms with E-state index in [1.165, 1.54) is 12.1 Å². The molecule has 0 spiro atoms. The van der Waals surface area contributed by atoms with E-state index < -0.39 is 11.6 Å². The molecular weight excluding hydrogens is 548 g/mol. The van der Waals surface area contributed by atoms with Gasteiger partial charge in [0.15, 0.2) is 0 Å². The molecule has 0 atom stereocenters. The number of benzene rings is 6. The Morgan fingerprint density at radius 1 is 0.523 bits per heavy atom. The van der Waals surface area contributed by atoms with Crippen molar-refractivity contribution in [2.45, 2.75) is 13.8 Å². The Morgan fingerprint density at radius 2 is 1.02 bits per heavy atom. The smallest absolute Gasteiger partial charge is 0.126 e. The molecule has 44 heavy (non-hydrogen) atoms. The summed E-state index contributed by atoms with van der Waals surface area (Å²) in [5, 5.41) is 14.9. The molecule has 0 bridgehead atoms. The standard InChI is InChI=1S/C39H25F2N3/c1-23-11-13-36-32(15-23)29-7-3-5-9-34(29)43(36)38-21-31(25-17-27(40)20-28(41)18-25)39(19-26(38)22-42)44-35-10-6-4-8-30(35)33-16-24(2)12-14-37(33)44/h3-21H,1-2H3. The number of aryl methyl sites for hydroxylation is 2. The van der Waals surface area contributed by atoms with E-state index in [1.807, 2.05) is 48.5 Å². The maximum Gasteiger partial charge on any atom is 0.126 e. The monoisotopic (exact) mass is 573 g/mol. The second-order valence-corrected chi connectivity index (χ2v) is 11.4. The molecule has 0 saturated carbocycles. The molecule has 0 radical (unpaired) electrons. The molecule has 210 valence electrons. The molecule has 6 aromatic carbocycles. The van der Waals surface area contributed by atoms with Gasteiger partial charge in [-0.2, -0.15) is 5.26 Å². The zero-order chi connectivity index (χ0) is 30.1. The fraction of sp³-hybridized carbons (Fsp3) is 0.0513. The molecule has 0 fully saturated rings. The summed E-state index contributed by atoms with van der Waals surface area (Å²) in [6.07, 6.45) is 0. The molecule has 0 aliphatic carbocycles. The highest BCUT2D eigenvalue weighted by Crippen LogP contribution is 2.41. The van der Waals surface area contributed by atoms with Crippen LogP contribution in [-0.2, 0) is 0 Å². The molecule has 0 unspecified atom stereocenters. The highest BCUT2D eigenvalue weighted by molar-refractivity contribution is 6.11. The predicted octanol–water partition coefficient (Wildman–Crippen LogP) is 10.3. The number of nitrogens with zero attached hydrogens (tertiary/aromatic N) is 3. The van der Waals surface area contributed by atoms with Crippen molar-refractivity contribution in [3.05, 3.63) is 144 Å². The summed E-state index contributed by atoms with van der Waals surface area (Å²) in [6.45, 7) is 4.12. The number of hydrogen-bond donors (Lipinski definition) is 0. The summed E-state index contributed by atoms with van der Waals surface area (Å²) in [7, 11) is 0. The first-order valence-corrected chi connectivity index (χ1v) is 14.5. The molecule has 5 heteroatoms. The second-order valence-electron chi connectivity index (χ2n) is 11.4. The first-order valence-electron chi connectivity index (χ1n) is 14.5. The summed E-state index contributed by atoms with van der Waals surface area (Å²) >= 11 is 0. The zero-order valence-corrected chi connectivity index (χ0v) is 24.1. The van der Waals surface area contributed by atoms with Gasteiger partial charge < -0.3 is 9.13 Å². The predicted molar refractivity (Wildman–Crippen MR) is 175 cm³/mol. The highest BCUT2D eigenvalue weighted by atomic mass is 19.1. The van der Waals surface area contributed by atoms with Gasteiger partial charge in [-0.15, -0.1) is 0 Å². The number of nitriles is 1. The highest BCUT2D eigenvalue weighted by Gasteiger charge is 2.22. The van der Waals surface area contributed by atoms with Gasteiger partial charge in [0, 0.05) is 33.2 Å². The quantitative estimate of drug-likeness (QED) is 0.207. The summed E-state index contributed by atoms with van der Waals surface area (Å²) in [5.41, 5.74) is 8.79. The Labute approximate surface area is 252 Å². The van der Waals surface area contributed by atoms with Crippen LogP contribution in [0.15, 0.2) is 115 Å². The first kappa shape index (κ1) is 25.9. The van der Waals surface area contributed by atoms with E-state index in [4.69, 9.17) is 0 Å². The number of rotatable bonds is 3. The van der Waals surface area contributed by atoms with Crippen molar-refractivity contribution >= 4 is 43.6 Å². The molecule has 0 amide bonds. The van der Waals surface area contributed by atoms with Crippen LogP contribution in [0.4, 0.5) is 8.78 Å². The number of para-hydroxylation sites is 2. The topological polar surface area (TPSA) is 33.6 Å². The van der Waals surface area contributed by atoms with E-state index in [1.54, 1.807) is 0 Å². The molecule has 3 nitrogen and oxygen atoms in total. The molecular formula is C39H25F2N3. The molecule has 2 heterocycles. The van der Waals surface area contributed by atoms with Gasteiger partial charge in [-0.05, 0) is 80.1 Å². The second kappa shape index (κ2) is 9.65. The lowest BCUT2D eigenvalue weighted by molar-refractivity contribution is 0.584. The molecule has 8 aromatic rings. The third-order valence-electron chi connectivity index (χ3n) is 8.55. The van der Waals surface area contributed by atoms with Crippen LogP contribution in [0, 0.1) is 36.8 Å². The zero-order valence-electron chi connectivity index (χ0n) is 24.1. The van der Waals surface area contributed by atoms with E-state index >= 15 is 0 Å². The average molecular weight is 574 g/mol. The maximum atomic E-state index is 14.8. The van der Waals surface area contributed by atoms with Crippen LogP contribution in [0.1, 0.15) is 16.7 Å². The van der Waals surface area contributed by atoms with E-state index in [9.17, 15) is 14.0 Å². The summed E-state index contributed by atoms with van der Waals surface area (Å²) in [6, 6.07) is 38.5. The Morgan fingerprint density at radius 3 is 1.57 bits per heavy atom. The maximum absolute atomic E-state index is 14.8. The summed E-state index contributed by atoms with van der Waals surface area (Å²) < 4.78 is 33.8. The van der Waals surface area contributed by atoms with Crippen molar-refractivity contribution in [3.8, 4) is 28.6 Å². The molecule has 8 rings (SSSR count). The minimum absolute atomic E-state index is 0.387. The van der Waals surface area contributed by atoms with Crippen LogP contribution in [0.25, 0.3) is 66.1 Å². The van der Waals surface area contributed by atoms with Crippen LogP contribution in [0.5, 0.6) is 0 Å². The normalized spacial score (nSPS) is 11.6. The van der Waals surface area contributed by atoms with Gasteiger partial charge >= 0.3 is 0 Å². The number of fused-ring (bicyclic) bond motifs is 6. The Balaban J connectivity index is 1.54. The van der Waals surface area contributed by atoms with Crippen molar-refractivity contribution in [1.29, 1.82) is 5.26 Å². The SMILES string of the molecule is Cc1ccc2c(c1)c1ccccc1n2-c1cc(-c2cc(F)cc(F)c2)c(-n2c3ccccc3c3cc(C)ccc32)cc1C#N. The number of hydrogen-bond acceptors (Lipinski definition) is 1. The van der Waals surface area contributed by atoms with Crippen LogP contribution < -0.4 is 0 Å². The number of halogens is 2. The van der Waals surface area contributed by atoms with Crippen molar-refractivity contribution in [3.63, 3.8) is 0 Å². The Hall–Kier alpha value is -5.73. The van der Waals surface area contributed by atoms with E-state index in [0.717, 1.165) is 60.8 Å². The average Bonchev–Trinajstić information content (AvgIpc) is 3.52. The molecule has 0 aliphatic rings. The van der Waals surface area contributed by atoms with Crippen LogP contribution in [0.2, 0.25) is 0 Å². The van der Waals surface area contributed by atoms with Gasteiger partial charge in [-0.1, -0.05) is 59.7 Å². The Kier molecular flexibility index (Phi) is 5.69. The van der Waals surface area contributed by atoms with Gasteiger partial charge in [0.1, 0.15) is 17.7 Å². The van der Waals surface area contributed by atoms with Gasteiger partial charge in [0.2, 0.25) is 0 Å². The lowest BCUT2D eigenvalue weighted by Crippen LogP contribution is -2.04. The van der Waals surface area contributed by atoms with Crippen molar-refractivity contribution in [2.24, 2.45) is 0 Å². The summed E-state index contributed by atoms with van der Waals surface area (Å²) in [4.78, 5) is 0. The van der Waals surface area contributed by atoms with E-state index in [2.05, 4.69) is 77.6 Å². The van der Waals surface area contributed by atoms with E-state index in [-0.39, 0.29) is 0 Å². The Bertz CT molecular complexity index is 2490. The lowest BCUT2D eigenvalue weighted by Gasteiger charge is -2.19. The van der Waals surface area contributed by atoms with Crippen molar-refractivity contribution < 1.29 is 8.78 Å². The molecule has 0 N–H and O–H groups in total. The van der Waals surface area contributed by atoms with Gasteiger partial charge in [-0.3, -0.25) is 0 Å². The van der Waals surface area contributed by atoms with Gasteiger partial charge in [-0.25, -0.2) is 8.78 Å².